The van der Waals surface area contributed by atoms with Crippen molar-refractivity contribution in [2.24, 2.45) is 0 Å². The summed E-state index contributed by atoms with van der Waals surface area (Å²) in [6, 6.07) is 72.4. The number of rotatable bonds is 7. The third kappa shape index (κ3) is 6.06. The van der Waals surface area contributed by atoms with Crippen LogP contribution in [0.2, 0.25) is 0 Å². The van der Waals surface area contributed by atoms with Crippen molar-refractivity contribution in [2.45, 2.75) is 0 Å². The summed E-state index contributed by atoms with van der Waals surface area (Å²) in [5.41, 5.74) is 13.3. The molecule has 10 rings (SSSR count). The van der Waals surface area contributed by atoms with Crippen LogP contribution in [0.3, 0.4) is 0 Å². The highest BCUT2D eigenvalue weighted by atomic mass is 15.0. The number of nitrogens with zero attached hydrogens (tertiary/aromatic N) is 4. The van der Waals surface area contributed by atoms with E-state index in [1.54, 1.807) is 0 Å². The summed E-state index contributed by atoms with van der Waals surface area (Å²) in [4.78, 5) is 15.0. The molecule has 8 aromatic carbocycles. The van der Waals surface area contributed by atoms with Crippen molar-refractivity contribution in [2.75, 3.05) is 0 Å². The first-order valence-corrected chi connectivity index (χ1v) is 18.5. The summed E-state index contributed by atoms with van der Waals surface area (Å²) in [7, 11) is 0. The lowest BCUT2D eigenvalue weighted by Crippen LogP contribution is -2.00. The minimum Gasteiger partial charge on any atom is -0.309 e. The Hall–Kier alpha value is -7.43. The first-order chi connectivity index (χ1) is 27.3. The zero-order chi connectivity index (χ0) is 36.6. The molecule has 0 atom stereocenters. The Morgan fingerprint density at radius 2 is 0.745 bits per heavy atom. The molecule has 258 valence electrons. The molecule has 0 bridgehead atoms. The molecule has 4 heteroatoms. The molecule has 0 spiro atoms. The van der Waals surface area contributed by atoms with Crippen molar-refractivity contribution in [1.29, 1.82) is 0 Å². The number of hydrogen-bond donors (Lipinski definition) is 0. The quantitative estimate of drug-likeness (QED) is 0.166. The first-order valence-electron chi connectivity index (χ1n) is 18.5. The summed E-state index contributed by atoms with van der Waals surface area (Å²) in [5.74, 6) is 1.92. The van der Waals surface area contributed by atoms with E-state index >= 15 is 0 Å². The van der Waals surface area contributed by atoms with Gasteiger partial charge in [0.1, 0.15) is 0 Å². The zero-order valence-corrected chi connectivity index (χ0v) is 29.9. The number of fused-ring (bicyclic) bond motifs is 3. The Kier molecular flexibility index (Phi) is 8.12. The molecule has 2 aromatic heterocycles. The van der Waals surface area contributed by atoms with Gasteiger partial charge in [-0.15, -0.1) is 0 Å². The molecule has 55 heavy (non-hydrogen) atoms. The van der Waals surface area contributed by atoms with Crippen molar-refractivity contribution >= 4 is 21.8 Å². The highest BCUT2D eigenvalue weighted by molar-refractivity contribution is 6.16. The maximum absolute atomic E-state index is 5.04. The molecule has 4 nitrogen and oxygen atoms in total. The van der Waals surface area contributed by atoms with Gasteiger partial charge in [0, 0.05) is 33.2 Å². The van der Waals surface area contributed by atoms with Gasteiger partial charge in [-0.05, 0) is 75.8 Å². The second-order valence-corrected chi connectivity index (χ2v) is 13.7. The highest BCUT2D eigenvalue weighted by Gasteiger charge is 2.19. The lowest BCUT2D eigenvalue weighted by molar-refractivity contribution is 1.07. The summed E-state index contributed by atoms with van der Waals surface area (Å²) in [5, 5.41) is 2.39. The highest BCUT2D eigenvalue weighted by Crippen LogP contribution is 2.41. The van der Waals surface area contributed by atoms with Crippen molar-refractivity contribution in [3.05, 3.63) is 206 Å². The van der Waals surface area contributed by atoms with Crippen LogP contribution in [0, 0.1) is 0 Å². The molecule has 0 aliphatic carbocycles. The first kappa shape index (κ1) is 32.2. The van der Waals surface area contributed by atoms with Crippen LogP contribution >= 0.6 is 0 Å². The van der Waals surface area contributed by atoms with Crippen molar-refractivity contribution in [3.63, 3.8) is 0 Å². The average molecular weight is 703 g/mol. The monoisotopic (exact) mass is 702 g/mol. The molecule has 10 aromatic rings. The Balaban J connectivity index is 1.16. The van der Waals surface area contributed by atoms with Gasteiger partial charge >= 0.3 is 0 Å². The van der Waals surface area contributed by atoms with Gasteiger partial charge in [0.05, 0.1) is 11.0 Å². The van der Waals surface area contributed by atoms with Crippen LogP contribution in [0.1, 0.15) is 0 Å². The molecule has 0 saturated heterocycles. The minimum atomic E-state index is 0.633. The molecular formula is C51H34N4. The van der Waals surface area contributed by atoms with Crippen LogP contribution in [-0.2, 0) is 0 Å². The van der Waals surface area contributed by atoms with Gasteiger partial charge < -0.3 is 4.57 Å². The van der Waals surface area contributed by atoms with Gasteiger partial charge in [0.25, 0.3) is 0 Å². The maximum Gasteiger partial charge on any atom is 0.164 e. The normalized spacial score (nSPS) is 11.3. The average Bonchev–Trinajstić information content (AvgIpc) is 3.61. The zero-order valence-electron chi connectivity index (χ0n) is 29.9. The smallest absolute Gasteiger partial charge is 0.164 e. The summed E-state index contributed by atoms with van der Waals surface area (Å²) in [6.07, 6.45) is 0. The molecule has 0 unspecified atom stereocenters. The van der Waals surface area contributed by atoms with Gasteiger partial charge in [0.15, 0.2) is 17.5 Å². The fraction of sp³-hybridized carbons (Fsp3) is 0. The number of benzene rings is 8. The van der Waals surface area contributed by atoms with Gasteiger partial charge in [-0.25, -0.2) is 15.0 Å². The predicted molar refractivity (Wildman–Crippen MR) is 227 cm³/mol. The molecule has 0 fully saturated rings. The van der Waals surface area contributed by atoms with E-state index in [9.17, 15) is 0 Å². The fourth-order valence-electron chi connectivity index (χ4n) is 7.62. The Bertz CT molecular complexity index is 2900. The van der Waals surface area contributed by atoms with Gasteiger partial charge in [-0.2, -0.15) is 0 Å². The topological polar surface area (TPSA) is 43.6 Å². The molecule has 0 aliphatic heterocycles. The summed E-state index contributed by atoms with van der Waals surface area (Å²) < 4.78 is 2.38. The molecule has 0 aliphatic rings. The standard InChI is InChI=1S/C51H34N4/c1-5-16-35(17-6-1)38-22-13-23-39(32-38)40-30-31-46-45(34-40)48-44(28-15-29-47(48)55(46)43-26-11-4-12-27-43)41-24-14-25-42(33-41)51-53-49(36-18-7-2-8-19-36)52-50(54-51)37-20-9-3-10-21-37/h1-34H. The van der Waals surface area contributed by atoms with E-state index < -0.39 is 0 Å². The minimum absolute atomic E-state index is 0.633. The Morgan fingerprint density at radius 3 is 1.38 bits per heavy atom. The van der Waals surface area contributed by atoms with Crippen LogP contribution in [0.4, 0.5) is 0 Å². The predicted octanol–water partition coefficient (Wildman–Crippen LogP) is 13.0. The van der Waals surface area contributed by atoms with Gasteiger partial charge in [-0.1, -0.05) is 164 Å². The van der Waals surface area contributed by atoms with Crippen molar-refractivity contribution in [3.8, 4) is 73.2 Å². The van der Waals surface area contributed by atoms with E-state index in [0.717, 1.165) is 44.5 Å². The third-order valence-corrected chi connectivity index (χ3v) is 10.2. The number of hydrogen-bond acceptors (Lipinski definition) is 3. The lowest BCUT2D eigenvalue weighted by Gasteiger charge is -2.11. The molecule has 0 N–H and O–H groups in total. The second kappa shape index (κ2) is 13.8. The fourth-order valence-corrected chi connectivity index (χ4v) is 7.62. The summed E-state index contributed by atoms with van der Waals surface area (Å²) >= 11 is 0. The molecule has 0 amide bonds. The SMILES string of the molecule is c1ccc(-c2cccc(-c3ccc4c(c3)c3c(-c5cccc(-c6nc(-c7ccccc7)nc(-c7ccccc7)n6)c5)cccc3n4-c3ccccc3)c2)cc1. The largest absolute Gasteiger partial charge is 0.309 e. The van der Waals surface area contributed by atoms with Gasteiger partial charge in [0.2, 0.25) is 0 Å². The van der Waals surface area contributed by atoms with Crippen LogP contribution in [-0.4, -0.2) is 19.5 Å². The van der Waals surface area contributed by atoms with Gasteiger partial charge in [-0.3, -0.25) is 0 Å². The van der Waals surface area contributed by atoms with E-state index in [4.69, 9.17) is 15.0 Å². The Morgan fingerprint density at radius 1 is 0.291 bits per heavy atom. The van der Waals surface area contributed by atoms with Crippen LogP contribution < -0.4 is 0 Å². The van der Waals surface area contributed by atoms with E-state index in [1.165, 1.54) is 33.0 Å². The molecular weight excluding hydrogens is 669 g/mol. The van der Waals surface area contributed by atoms with Crippen LogP contribution in [0.15, 0.2) is 206 Å². The number of aromatic nitrogens is 4. The van der Waals surface area contributed by atoms with Crippen molar-refractivity contribution < 1.29 is 0 Å². The van der Waals surface area contributed by atoms with E-state index in [0.29, 0.717) is 17.5 Å². The molecule has 2 heterocycles. The van der Waals surface area contributed by atoms with E-state index in [1.807, 2.05) is 60.7 Å². The van der Waals surface area contributed by atoms with E-state index in [2.05, 4.69) is 150 Å². The second-order valence-electron chi connectivity index (χ2n) is 13.7. The molecule has 0 radical (unpaired) electrons. The van der Waals surface area contributed by atoms with Crippen LogP contribution in [0.25, 0.3) is 95.0 Å². The van der Waals surface area contributed by atoms with E-state index in [-0.39, 0.29) is 0 Å². The Labute approximate surface area is 319 Å². The molecule has 0 saturated carbocycles. The van der Waals surface area contributed by atoms with Crippen LogP contribution in [0.5, 0.6) is 0 Å². The lowest BCUT2D eigenvalue weighted by atomic mass is 9.95. The maximum atomic E-state index is 5.04. The third-order valence-electron chi connectivity index (χ3n) is 10.2. The number of para-hydroxylation sites is 1. The van der Waals surface area contributed by atoms with Crippen molar-refractivity contribution in [1.82, 2.24) is 19.5 Å². The summed E-state index contributed by atoms with van der Waals surface area (Å²) in [6.45, 7) is 0.